The van der Waals surface area contributed by atoms with Crippen LogP contribution in [0.4, 0.5) is 0 Å². The molecule has 5 rings (SSSR count). The van der Waals surface area contributed by atoms with Crippen molar-refractivity contribution in [1.82, 2.24) is 20.2 Å². The second-order valence-electron chi connectivity index (χ2n) is 9.09. The standard InChI is InChI=1S/C22H30N4O3/c27-19-12-17(22(29-19)7-2-1-3-8-22)21(28)26-11-6-18-16(14-26)13-24-20(25-18)15-4-9-23-10-5-15/h13,15,17,23H,1-12,14H2. The van der Waals surface area contributed by atoms with E-state index in [1.54, 1.807) is 0 Å². The molecule has 1 aliphatic carbocycles. The number of amides is 1. The summed E-state index contributed by atoms with van der Waals surface area (Å²) in [5.41, 5.74) is 1.58. The number of hydrogen-bond acceptors (Lipinski definition) is 6. The van der Waals surface area contributed by atoms with E-state index in [4.69, 9.17) is 9.72 Å². The van der Waals surface area contributed by atoms with Crippen molar-refractivity contribution in [2.24, 2.45) is 5.92 Å². The van der Waals surface area contributed by atoms with Gasteiger partial charge in [0.25, 0.3) is 0 Å². The topological polar surface area (TPSA) is 84.4 Å². The lowest BCUT2D eigenvalue weighted by molar-refractivity contribution is -0.156. The number of esters is 1. The molecule has 1 spiro atoms. The second kappa shape index (κ2) is 7.67. The first-order valence-electron chi connectivity index (χ1n) is 11.2. The smallest absolute Gasteiger partial charge is 0.307 e. The summed E-state index contributed by atoms with van der Waals surface area (Å²) in [5, 5.41) is 3.39. The zero-order valence-corrected chi connectivity index (χ0v) is 17.0. The normalized spacial score (nSPS) is 27.0. The van der Waals surface area contributed by atoms with Gasteiger partial charge in [-0.2, -0.15) is 0 Å². The lowest BCUT2D eigenvalue weighted by Gasteiger charge is -2.39. The number of carbonyl (C=O) groups is 2. The summed E-state index contributed by atoms with van der Waals surface area (Å²) in [4.78, 5) is 36.9. The second-order valence-corrected chi connectivity index (χ2v) is 9.09. The fourth-order valence-corrected chi connectivity index (χ4v) is 5.62. The molecule has 4 aliphatic rings. The first kappa shape index (κ1) is 19.0. The van der Waals surface area contributed by atoms with Crippen molar-refractivity contribution in [2.45, 2.75) is 75.9 Å². The summed E-state index contributed by atoms with van der Waals surface area (Å²) >= 11 is 0. The Morgan fingerprint density at radius 1 is 1.21 bits per heavy atom. The van der Waals surface area contributed by atoms with Gasteiger partial charge in [-0.15, -0.1) is 0 Å². The molecule has 1 aromatic rings. The predicted molar refractivity (Wildman–Crippen MR) is 106 cm³/mol. The minimum atomic E-state index is -0.554. The van der Waals surface area contributed by atoms with Gasteiger partial charge in [0.2, 0.25) is 5.91 Å². The van der Waals surface area contributed by atoms with E-state index in [2.05, 4.69) is 10.3 Å². The number of rotatable bonds is 2. The summed E-state index contributed by atoms with van der Waals surface area (Å²) in [6, 6.07) is 0. The van der Waals surface area contributed by atoms with Crippen molar-refractivity contribution >= 4 is 11.9 Å². The van der Waals surface area contributed by atoms with Crippen LogP contribution in [-0.4, -0.2) is 52.0 Å². The molecule has 7 nitrogen and oxygen atoms in total. The number of hydrogen-bond donors (Lipinski definition) is 1. The van der Waals surface area contributed by atoms with Crippen molar-refractivity contribution < 1.29 is 14.3 Å². The van der Waals surface area contributed by atoms with E-state index in [0.717, 1.165) is 81.5 Å². The number of piperidine rings is 1. The molecule has 3 aliphatic heterocycles. The Balaban J connectivity index is 1.31. The van der Waals surface area contributed by atoms with Crippen LogP contribution in [-0.2, 0) is 27.3 Å². The average Bonchev–Trinajstić information content (AvgIpc) is 3.08. The van der Waals surface area contributed by atoms with Gasteiger partial charge in [0.15, 0.2) is 0 Å². The van der Waals surface area contributed by atoms with E-state index in [1.165, 1.54) is 0 Å². The number of carbonyl (C=O) groups excluding carboxylic acids is 2. The molecule has 1 N–H and O–H groups in total. The molecule has 0 aromatic carbocycles. The largest absolute Gasteiger partial charge is 0.458 e. The Labute approximate surface area is 171 Å². The molecule has 4 heterocycles. The Morgan fingerprint density at radius 2 is 2.00 bits per heavy atom. The number of fused-ring (bicyclic) bond motifs is 1. The quantitative estimate of drug-likeness (QED) is 0.768. The van der Waals surface area contributed by atoms with Crippen molar-refractivity contribution in [3.8, 4) is 0 Å². The number of nitrogens with one attached hydrogen (secondary N) is 1. The van der Waals surface area contributed by atoms with Crippen LogP contribution in [0.1, 0.15) is 74.4 Å². The highest BCUT2D eigenvalue weighted by atomic mass is 16.6. The van der Waals surface area contributed by atoms with Crippen LogP contribution in [0.25, 0.3) is 0 Å². The molecule has 29 heavy (non-hydrogen) atoms. The molecular weight excluding hydrogens is 368 g/mol. The third-order valence-corrected chi connectivity index (χ3v) is 7.29. The highest BCUT2D eigenvalue weighted by Gasteiger charge is 2.54. The van der Waals surface area contributed by atoms with Crippen LogP contribution in [0.3, 0.4) is 0 Å². The molecule has 1 aromatic heterocycles. The molecule has 2 saturated heterocycles. The van der Waals surface area contributed by atoms with E-state index in [1.807, 2.05) is 11.1 Å². The third kappa shape index (κ3) is 3.54. The van der Waals surface area contributed by atoms with Gasteiger partial charge in [0.1, 0.15) is 11.4 Å². The van der Waals surface area contributed by atoms with Crippen LogP contribution in [0.2, 0.25) is 0 Å². The fourth-order valence-electron chi connectivity index (χ4n) is 5.62. The molecule has 1 unspecified atom stereocenters. The van der Waals surface area contributed by atoms with Crippen LogP contribution in [0.5, 0.6) is 0 Å². The highest BCUT2D eigenvalue weighted by molar-refractivity contribution is 5.88. The monoisotopic (exact) mass is 398 g/mol. The van der Waals surface area contributed by atoms with Crippen LogP contribution in [0.15, 0.2) is 6.20 Å². The third-order valence-electron chi connectivity index (χ3n) is 7.29. The van der Waals surface area contributed by atoms with Gasteiger partial charge in [-0.3, -0.25) is 9.59 Å². The maximum Gasteiger partial charge on any atom is 0.307 e. The number of aromatic nitrogens is 2. The van der Waals surface area contributed by atoms with Gasteiger partial charge in [-0.25, -0.2) is 9.97 Å². The molecule has 1 amide bonds. The zero-order chi connectivity index (χ0) is 19.8. The summed E-state index contributed by atoms with van der Waals surface area (Å²) < 4.78 is 5.75. The fraction of sp³-hybridized carbons (Fsp3) is 0.727. The lowest BCUT2D eigenvalue weighted by atomic mass is 9.75. The minimum absolute atomic E-state index is 0.0748. The van der Waals surface area contributed by atoms with Crippen molar-refractivity contribution in [3.05, 3.63) is 23.3 Å². The highest BCUT2D eigenvalue weighted by Crippen LogP contribution is 2.45. The van der Waals surface area contributed by atoms with Crippen LogP contribution >= 0.6 is 0 Å². The maximum atomic E-state index is 13.4. The van der Waals surface area contributed by atoms with Gasteiger partial charge in [0.05, 0.1) is 18.0 Å². The van der Waals surface area contributed by atoms with E-state index >= 15 is 0 Å². The molecule has 0 bridgehead atoms. The van der Waals surface area contributed by atoms with Gasteiger partial charge in [-0.05, 0) is 51.6 Å². The molecule has 0 radical (unpaired) electrons. The van der Waals surface area contributed by atoms with E-state index in [0.29, 0.717) is 19.0 Å². The van der Waals surface area contributed by atoms with Crippen molar-refractivity contribution in [1.29, 1.82) is 0 Å². The number of nitrogens with zero attached hydrogens (tertiary/aromatic N) is 3. The summed E-state index contributed by atoms with van der Waals surface area (Å²) in [6.45, 7) is 3.26. The van der Waals surface area contributed by atoms with E-state index < -0.39 is 5.60 Å². The molecule has 1 atom stereocenters. The first-order chi connectivity index (χ1) is 14.1. The van der Waals surface area contributed by atoms with Gasteiger partial charge in [-0.1, -0.05) is 6.42 Å². The summed E-state index contributed by atoms with van der Waals surface area (Å²) in [5.74, 6) is 0.935. The average molecular weight is 399 g/mol. The van der Waals surface area contributed by atoms with Gasteiger partial charge in [0, 0.05) is 37.2 Å². The lowest BCUT2D eigenvalue weighted by Crippen LogP contribution is -2.48. The summed E-state index contributed by atoms with van der Waals surface area (Å²) in [7, 11) is 0. The number of ether oxygens (including phenoxy) is 1. The van der Waals surface area contributed by atoms with E-state index in [-0.39, 0.29) is 24.2 Å². The van der Waals surface area contributed by atoms with Crippen LogP contribution < -0.4 is 5.32 Å². The Bertz CT molecular complexity index is 799. The molecule has 156 valence electrons. The SMILES string of the molecule is O=C1CC(C(=O)N2CCc3nc(C4CCNCC4)ncc3C2)C2(CCCCC2)O1. The minimum Gasteiger partial charge on any atom is -0.458 e. The first-order valence-corrected chi connectivity index (χ1v) is 11.2. The maximum absolute atomic E-state index is 13.4. The Kier molecular flexibility index (Phi) is 5.02. The zero-order valence-electron chi connectivity index (χ0n) is 17.0. The molecule has 3 fully saturated rings. The van der Waals surface area contributed by atoms with Crippen molar-refractivity contribution in [3.63, 3.8) is 0 Å². The van der Waals surface area contributed by atoms with Gasteiger partial charge >= 0.3 is 5.97 Å². The van der Waals surface area contributed by atoms with Crippen LogP contribution in [0, 0.1) is 5.92 Å². The molecule has 1 saturated carbocycles. The molecular formula is C22H30N4O3. The predicted octanol–water partition coefficient (Wildman–Crippen LogP) is 2.09. The Hall–Kier alpha value is -2.02. The van der Waals surface area contributed by atoms with Crippen molar-refractivity contribution in [2.75, 3.05) is 19.6 Å². The van der Waals surface area contributed by atoms with E-state index in [9.17, 15) is 9.59 Å². The summed E-state index contributed by atoms with van der Waals surface area (Å²) in [6.07, 6.45) is 9.95. The van der Waals surface area contributed by atoms with Gasteiger partial charge < -0.3 is 15.0 Å². The molecule has 7 heteroatoms. The Morgan fingerprint density at radius 3 is 2.79 bits per heavy atom.